The number of hydrogen-bond acceptors (Lipinski definition) is 3. The van der Waals surface area contributed by atoms with Crippen LogP contribution in [0.1, 0.15) is 0 Å². The van der Waals surface area contributed by atoms with Crippen molar-refractivity contribution < 1.29 is 8.83 Å². The van der Waals surface area contributed by atoms with Crippen LogP contribution in [0, 0.1) is 0 Å². The third kappa shape index (κ3) is 4.33. The lowest BCUT2D eigenvalue weighted by atomic mass is 9.96. The molecule has 0 aliphatic heterocycles. The van der Waals surface area contributed by atoms with E-state index in [0.717, 1.165) is 99.4 Å². The molecule has 0 fully saturated rings. The maximum atomic E-state index is 6.09. The molecule has 3 aromatic heterocycles. The van der Waals surface area contributed by atoms with E-state index in [1.165, 1.54) is 0 Å². The van der Waals surface area contributed by atoms with Crippen molar-refractivity contribution in [2.75, 3.05) is 0 Å². The van der Waals surface area contributed by atoms with Crippen molar-refractivity contribution in [1.82, 2.24) is 4.98 Å². The van der Waals surface area contributed by atoms with Crippen LogP contribution in [0.15, 0.2) is 173 Å². The zero-order chi connectivity index (χ0) is 31.6. The highest BCUT2D eigenvalue weighted by Crippen LogP contribution is 2.37. The van der Waals surface area contributed by atoms with E-state index in [9.17, 15) is 0 Å². The van der Waals surface area contributed by atoms with Crippen molar-refractivity contribution in [2.45, 2.75) is 0 Å². The van der Waals surface area contributed by atoms with Gasteiger partial charge in [-0.25, -0.2) is 4.98 Å². The summed E-state index contributed by atoms with van der Waals surface area (Å²) >= 11 is 0. The normalized spacial score (nSPS) is 11.8. The van der Waals surface area contributed by atoms with Gasteiger partial charge in [0.2, 0.25) is 0 Å². The molecule has 0 atom stereocenters. The topological polar surface area (TPSA) is 39.2 Å². The highest BCUT2D eigenvalue weighted by molar-refractivity contribution is 6.07. The summed E-state index contributed by atoms with van der Waals surface area (Å²) < 4.78 is 12.2. The molecule has 10 aromatic rings. The number of furan rings is 2. The van der Waals surface area contributed by atoms with Crippen molar-refractivity contribution in [3.8, 4) is 44.8 Å². The zero-order valence-electron chi connectivity index (χ0n) is 25.9. The number of fused-ring (bicyclic) bond motifs is 7. The maximum absolute atomic E-state index is 6.09. The molecule has 0 aliphatic carbocycles. The summed E-state index contributed by atoms with van der Waals surface area (Å²) in [6.07, 6.45) is 0. The van der Waals surface area contributed by atoms with Gasteiger partial charge in [0, 0.05) is 38.1 Å². The van der Waals surface area contributed by atoms with E-state index in [1.807, 2.05) is 24.3 Å². The van der Waals surface area contributed by atoms with Gasteiger partial charge in [0.05, 0.1) is 11.4 Å². The lowest BCUT2D eigenvalue weighted by Crippen LogP contribution is -1.92. The molecule has 0 bridgehead atoms. The van der Waals surface area contributed by atoms with Gasteiger partial charge in [-0.15, -0.1) is 0 Å². The van der Waals surface area contributed by atoms with Gasteiger partial charge in [-0.1, -0.05) is 109 Å². The van der Waals surface area contributed by atoms with Crippen molar-refractivity contribution in [2.24, 2.45) is 0 Å². The zero-order valence-corrected chi connectivity index (χ0v) is 25.9. The molecule has 0 amide bonds. The fourth-order valence-electron chi connectivity index (χ4n) is 7.08. The number of pyridine rings is 1. The molecule has 3 heterocycles. The Morgan fingerprint density at radius 1 is 0.312 bits per heavy atom. The Balaban J connectivity index is 1.08. The number of para-hydroxylation sites is 2. The number of benzene rings is 7. The molecule has 0 spiro atoms. The van der Waals surface area contributed by atoms with E-state index < -0.39 is 0 Å². The minimum Gasteiger partial charge on any atom is -0.456 e. The van der Waals surface area contributed by atoms with Gasteiger partial charge in [-0.2, -0.15) is 0 Å². The molecule has 0 saturated carbocycles. The maximum Gasteiger partial charge on any atom is 0.135 e. The Hall–Kier alpha value is -6.45. The first kappa shape index (κ1) is 26.7. The third-order valence-corrected chi connectivity index (χ3v) is 9.45. The molecule has 3 heteroatoms. The third-order valence-electron chi connectivity index (χ3n) is 9.45. The Labute approximate surface area is 276 Å². The summed E-state index contributed by atoms with van der Waals surface area (Å²) in [4.78, 5) is 5.35. The van der Waals surface area contributed by atoms with Crippen LogP contribution in [0.4, 0.5) is 0 Å². The summed E-state index contributed by atoms with van der Waals surface area (Å²) in [6.45, 7) is 0. The second-order valence-electron chi connectivity index (χ2n) is 12.4. The molecule has 7 aromatic carbocycles. The Bertz CT molecular complexity index is 2850. The average Bonchev–Trinajstić information content (AvgIpc) is 3.72. The van der Waals surface area contributed by atoms with Crippen LogP contribution in [-0.2, 0) is 0 Å². The SMILES string of the molecule is c1cc(-c2ccc3oc4ccccc4c3c2)cc(-c2cc3ccccc3c(-c3cccc(-c4ccc5oc6ccccc6c5c4)c3)n2)c1. The summed E-state index contributed by atoms with van der Waals surface area (Å²) in [7, 11) is 0. The lowest BCUT2D eigenvalue weighted by Gasteiger charge is -2.12. The Morgan fingerprint density at radius 2 is 0.792 bits per heavy atom. The highest BCUT2D eigenvalue weighted by atomic mass is 16.3. The molecule has 0 saturated heterocycles. The molecule has 10 rings (SSSR count). The Kier molecular flexibility index (Phi) is 5.87. The van der Waals surface area contributed by atoms with Crippen molar-refractivity contribution in [3.63, 3.8) is 0 Å². The van der Waals surface area contributed by atoms with E-state index in [2.05, 4.69) is 140 Å². The van der Waals surface area contributed by atoms with Crippen LogP contribution in [-0.4, -0.2) is 4.98 Å². The van der Waals surface area contributed by atoms with E-state index in [1.54, 1.807) is 0 Å². The van der Waals surface area contributed by atoms with Crippen LogP contribution in [0.5, 0.6) is 0 Å². The quantitative estimate of drug-likeness (QED) is 0.198. The van der Waals surface area contributed by atoms with Gasteiger partial charge >= 0.3 is 0 Å². The fourth-order valence-corrected chi connectivity index (χ4v) is 7.08. The van der Waals surface area contributed by atoms with Crippen molar-refractivity contribution >= 4 is 54.6 Å². The number of aromatic nitrogens is 1. The van der Waals surface area contributed by atoms with Crippen LogP contribution in [0.2, 0.25) is 0 Å². The molecule has 0 radical (unpaired) electrons. The molecular weight excluding hydrogens is 587 g/mol. The van der Waals surface area contributed by atoms with E-state index >= 15 is 0 Å². The van der Waals surface area contributed by atoms with Gasteiger partial charge in [-0.3, -0.25) is 0 Å². The molecule has 3 nitrogen and oxygen atoms in total. The van der Waals surface area contributed by atoms with Crippen molar-refractivity contribution in [1.29, 1.82) is 0 Å². The molecular formula is C45H27NO2. The standard InChI is InChI=1S/C45H27NO2/c1-2-14-35-32(9-1)27-40(33-12-7-10-28(23-33)30-19-21-43-38(25-30)36-15-3-5-17-41(36)47-43)46-45(35)34-13-8-11-29(24-34)31-20-22-44-39(26-31)37-16-4-6-18-42(37)48-44/h1-27H. The fraction of sp³-hybridized carbons (Fsp3) is 0. The number of hydrogen-bond donors (Lipinski definition) is 0. The molecule has 48 heavy (non-hydrogen) atoms. The molecule has 224 valence electrons. The van der Waals surface area contributed by atoms with E-state index in [0.29, 0.717) is 0 Å². The van der Waals surface area contributed by atoms with Gasteiger partial charge in [0.25, 0.3) is 0 Å². The summed E-state index contributed by atoms with van der Waals surface area (Å²) in [5.74, 6) is 0. The van der Waals surface area contributed by atoms with Gasteiger partial charge < -0.3 is 8.83 Å². The monoisotopic (exact) mass is 613 g/mol. The average molecular weight is 614 g/mol. The predicted octanol–water partition coefficient (Wildman–Crippen LogP) is 12.7. The molecule has 0 unspecified atom stereocenters. The van der Waals surface area contributed by atoms with Crippen LogP contribution in [0.3, 0.4) is 0 Å². The number of nitrogens with zero attached hydrogens (tertiary/aromatic N) is 1. The molecule has 0 N–H and O–H groups in total. The largest absolute Gasteiger partial charge is 0.456 e. The van der Waals surface area contributed by atoms with E-state index in [4.69, 9.17) is 13.8 Å². The van der Waals surface area contributed by atoms with Crippen LogP contribution >= 0.6 is 0 Å². The van der Waals surface area contributed by atoms with Crippen molar-refractivity contribution in [3.05, 3.63) is 164 Å². The lowest BCUT2D eigenvalue weighted by molar-refractivity contribution is 0.668. The van der Waals surface area contributed by atoms with Gasteiger partial charge in [0.15, 0.2) is 0 Å². The van der Waals surface area contributed by atoms with Crippen LogP contribution in [0.25, 0.3) is 99.4 Å². The van der Waals surface area contributed by atoms with Gasteiger partial charge in [0.1, 0.15) is 22.3 Å². The molecule has 0 aliphatic rings. The first-order valence-electron chi connectivity index (χ1n) is 16.2. The Morgan fingerprint density at radius 3 is 1.44 bits per heavy atom. The van der Waals surface area contributed by atoms with Crippen LogP contribution < -0.4 is 0 Å². The summed E-state index contributed by atoms with van der Waals surface area (Å²) in [5.41, 5.74) is 12.2. The minimum absolute atomic E-state index is 0.900. The summed E-state index contributed by atoms with van der Waals surface area (Å²) in [5, 5.41) is 6.80. The van der Waals surface area contributed by atoms with Gasteiger partial charge in [-0.05, 0) is 82.2 Å². The second kappa shape index (κ2) is 10.5. The second-order valence-corrected chi connectivity index (χ2v) is 12.4. The highest BCUT2D eigenvalue weighted by Gasteiger charge is 2.14. The predicted molar refractivity (Wildman–Crippen MR) is 198 cm³/mol. The van der Waals surface area contributed by atoms with E-state index in [-0.39, 0.29) is 0 Å². The summed E-state index contributed by atoms with van der Waals surface area (Å²) in [6, 6.07) is 57.4. The number of rotatable bonds is 4. The smallest absolute Gasteiger partial charge is 0.135 e. The minimum atomic E-state index is 0.900. The first-order chi connectivity index (χ1) is 23.7. The first-order valence-corrected chi connectivity index (χ1v) is 16.2.